The van der Waals surface area contributed by atoms with E-state index >= 15 is 0 Å². The zero-order valence-electron chi connectivity index (χ0n) is 10.9. The molecule has 0 aliphatic carbocycles. The van der Waals surface area contributed by atoms with Gasteiger partial charge in [-0.1, -0.05) is 19.1 Å². The van der Waals surface area contributed by atoms with Gasteiger partial charge in [0, 0.05) is 12.4 Å². The Bertz CT molecular complexity index is 596. The van der Waals surface area contributed by atoms with Gasteiger partial charge >= 0.3 is 6.18 Å². The predicted octanol–water partition coefficient (Wildman–Crippen LogP) is 3.74. The number of nitrogens with zero attached hydrogens (tertiary/aromatic N) is 1. The summed E-state index contributed by atoms with van der Waals surface area (Å²) in [6.45, 7) is 1.90. The Kier molecular flexibility index (Phi) is 4.09. The lowest BCUT2D eigenvalue weighted by atomic mass is 9.96. The van der Waals surface area contributed by atoms with Crippen molar-refractivity contribution in [2.24, 2.45) is 0 Å². The highest BCUT2D eigenvalue weighted by Crippen LogP contribution is 2.32. The number of aryl methyl sites for hydroxylation is 1. The molecule has 0 amide bonds. The van der Waals surface area contributed by atoms with Crippen LogP contribution in [0.1, 0.15) is 35.3 Å². The molecule has 0 aliphatic heterocycles. The monoisotopic (exact) mass is 281 g/mol. The van der Waals surface area contributed by atoms with Gasteiger partial charge in [-0.15, -0.1) is 0 Å². The fourth-order valence-electron chi connectivity index (χ4n) is 2.06. The van der Waals surface area contributed by atoms with E-state index < -0.39 is 17.8 Å². The van der Waals surface area contributed by atoms with E-state index in [0.717, 1.165) is 17.7 Å². The third kappa shape index (κ3) is 2.99. The van der Waals surface area contributed by atoms with Crippen molar-refractivity contribution >= 4 is 0 Å². The van der Waals surface area contributed by atoms with Crippen molar-refractivity contribution in [3.05, 3.63) is 65.0 Å². The molecule has 1 aromatic heterocycles. The van der Waals surface area contributed by atoms with E-state index in [1.807, 2.05) is 6.92 Å². The third-order valence-corrected chi connectivity index (χ3v) is 3.15. The molecule has 1 heterocycles. The predicted molar refractivity (Wildman–Crippen MR) is 69.1 cm³/mol. The standard InChI is InChI=1S/C15H14F3NO/c1-2-10-9-19-7-6-13(10)14(20)11-4-3-5-12(8-11)15(16,17)18/h3-9,14,20H,2H2,1H3. The minimum Gasteiger partial charge on any atom is -0.384 e. The Labute approximate surface area is 114 Å². The summed E-state index contributed by atoms with van der Waals surface area (Å²) in [4.78, 5) is 3.96. The lowest BCUT2D eigenvalue weighted by Gasteiger charge is -2.16. The van der Waals surface area contributed by atoms with E-state index in [2.05, 4.69) is 4.98 Å². The van der Waals surface area contributed by atoms with Gasteiger partial charge in [0.25, 0.3) is 0 Å². The zero-order valence-corrected chi connectivity index (χ0v) is 10.9. The quantitative estimate of drug-likeness (QED) is 0.929. The number of aliphatic hydroxyl groups is 1. The molecule has 1 unspecified atom stereocenters. The second-order valence-electron chi connectivity index (χ2n) is 4.45. The third-order valence-electron chi connectivity index (χ3n) is 3.15. The van der Waals surface area contributed by atoms with Gasteiger partial charge in [0.15, 0.2) is 0 Å². The van der Waals surface area contributed by atoms with Gasteiger partial charge in [-0.3, -0.25) is 4.98 Å². The van der Waals surface area contributed by atoms with Gasteiger partial charge < -0.3 is 5.11 Å². The average Bonchev–Trinajstić information content (AvgIpc) is 2.45. The first-order valence-corrected chi connectivity index (χ1v) is 6.21. The Balaban J connectivity index is 2.41. The van der Waals surface area contributed by atoms with E-state index in [0.29, 0.717) is 12.0 Å². The number of rotatable bonds is 3. The minimum atomic E-state index is -4.42. The van der Waals surface area contributed by atoms with Crippen molar-refractivity contribution in [1.82, 2.24) is 4.98 Å². The molecule has 106 valence electrons. The molecule has 0 aliphatic rings. The van der Waals surface area contributed by atoms with E-state index in [9.17, 15) is 18.3 Å². The highest BCUT2D eigenvalue weighted by Gasteiger charge is 2.31. The molecule has 0 fully saturated rings. The number of hydrogen-bond donors (Lipinski definition) is 1. The molecule has 0 radical (unpaired) electrons. The molecule has 0 saturated carbocycles. The van der Waals surface area contributed by atoms with Gasteiger partial charge in [0.1, 0.15) is 6.10 Å². The second kappa shape index (κ2) is 5.63. The number of hydrogen-bond acceptors (Lipinski definition) is 2. The smallest absolute Gasteiger partial charge is 0.384 e. The molecule has 1 atom stereocenters. The van der Waals surface area contributed by atoms with Crippen LogP contribution < -0.4 is 0 Å². The van der Waals surface area contributed by atoms with Crippen LogP contribution in [0.4, 0.5) is 13.2 Å². The van der Waals surface area contributed by atoms with E-state index in [4.69, 9.17) is 0 Å². The number of aliphatic hydroxyl groups excluding tert-OH is 1. The van der Waals surface area contributed by atoms with Crippen LogP contribution in [0.15, 0.2) is 42.7 Å². The first kappa shape index (κ1) is 14.5. The fourth-order valence-corrected chi connectivity index (χ4v) is 2.06. The van der Waals surface area contributed by atoms with Crippen LogP contribution >= 0.6 is 0 Å². The number of alkyl halides is 3. The molecule has 2 nitrogen and oxygen atoms in total. The molecule has 1 aromatic carbocycles. The Morgan fingerprint density at radius 1 is 1.25 bits per heavy atom. The highest BCUT2D eigenvalue weighted by molar-refractivity contribution is 5.36. The van der Waals surface area contributed by atoms with Crippen LogP contribution in [0.3, 0.4) is 0 Å². The molecule has 5 heteroatoms. The summed E-state index contributed by atoms with van der Waals surface area (Å²) in [6.07, 6.45) is -1.71. The van der Waals surface area contributed by atoms with Crippen molar-refractivity contribution < 1.29 is 18.3 Å². The Morgan fingerprint density at radius 3 is 2.65 bits per heavy atom. The molecule has 0 spiro atoms. The summed E-state index contributed by atoms with van der Waals surface area (Å²) in [5.74, 6) is 0. The van der Waals surface area contributed by atoms with E-state index in [-0.39, 0.29) is 5.56 Å². The van der Waals surface area contributed by atoms with Gasteiger partial charge in [0.05, 0.1) is 5.56 Å². The molecule has 2 rings (SSSR count). The Morgan fingerprint density at radius 2 is 2.00 bits per heavy atom. The summed E-state index contributed by atoms with van der Waals surface area (Å²) in [6, 6.07) is 6.38. The first-order chi connectivity index (χ1) is 9.43. The van der Waals surface area contributed by atoms with Crippen molar-refractivity contribution in [3.8, 4) is 0 Å². The van der Waals surface area contributed by atoms with Crippen LogP contribution in [-0.4, -0.2) is 10.1 Å². The first-order valence-electron chi connectivity index (χ1n) is 6.21. The summed E-state index contributed by atoms with van der Waals surface area (Å²) in [7, 11) is 0. The number of aromatic nitrogens is 1. The number of benzene rings is 1. The summed E-state index contributed by atoms with van der Waals surface area (Å²) >= 11 is 0. The normalized spacial score (nSPS) is 13.2. The van der Waals surface area contributed by atoms with Crippen LogP contribution in [0.5, 0.6) is 0 Å². The van der Waals surface area contributed by atoms with Crippen molar-refractivity contribution in [1.29, 1.82) is 0 Å². The van der Waals surface area contributed by atoms with E-state index in [1.165, 1.54) is 18.3 Å². The average molecular weight is 281 g/mol. The molecule has 20 heavy (non-hydrogen) atoms. The van der Waals surface area contributed by atoms with Crippen LogP contribution in [-0.2, 0) is 12.6 Å². The van der Waals surface area contributed by atoms with Gasteiger partial charge in [-0.25, -0.2) is 0 Å². The highest BCUT2D eigenvalue weighted by atomic mass is 19.4. The maximum Gasteiger partial charge on any atom is 0.416 e. The largest absolute Gasteiger partial charge is 0.416 e. The van der Waals surface area contributed by atoms with Crippen LogP contribution in [0, 0.1) is 0 Å². The molecular weight excluding hydrogens is 267 g/mol. The Hall–Kier alpha value is -1.88. The molecule has 0 bridgehead atoms. The van der Waals surface area contributed by atoms with Crippen LogP contribution in [0.25, 0.3) is 0 Å². The fraction of sp³-hybridized carbons (Fsp3) is 0.267. The second-order valence-corrected chi connectivity index (χ2v) is 4.45. The van der Waals surface area contributed by atoms with Gasteiger partial charge in [0.2, 0.25) is 0 Å². The SMILES string of the molecule is CCc1cnccc1C(O)c1cccc(C(F)(F)F)c1. The van der Waals surface area contributed by atoms with Crippen molar-refractivity contribution in [2.45, 2.75) is 25.6 Å². The van der Waals surface area contributed by atoms with Crippen molar-refractivity contribution in [3.63, 3.8) is 0 Å². The van der Waals surface area contributed by atoms with Crippen molar-refractivity contribution in [2.75, 3.05) is 0 Å². The summed E-state index contributed by atoms with van der Waals surface area (Å²) < 4.78 is 38.1. The van der Waals surface area contributed by atoms with Gasteiger partial charge in [-0.05, 0) is 41.3 Å². The number of pyridine rings is 1. The summed E-state index contributed by atoms with van der Waals surface area (Å²) in [5, 5.41) is 10.3. The van der Waals surface area contributed by atoms with Gasteiger partial charge in [-0.2, -0.15) is 13.2 Å². The van der Waals surface area contributed by atoms with E-state index in [1.54, 1.807) is 12.3 Å². The molecule has 2 aromatic rings. The lowest BCUT2D eigenvalue weighted by molar-refractivity contribution is -0.137. The molecule has 1 N–H and O–H groups in total. The topological polar surface area (TPSA) is 33.1 Å². The number of halogens is 3. The van der Waals surface area contributed by atoms with Crippen LogP contribution in [0.2, 0.25) is 0 Å². The summed E-state index contributed by atoms with van der Waals surface area (Å²) in [5.41, 5.74) is 0.862. The lowest BCUT2D eigenvalue weighted by Crippen LogP contribution is -2.08. The molecular formula is C15H14F3NO. The maximum atomic E-state index is 12.7. The minimum absolute atomic E-state index is 0.223. The zero-order chi connectivity index (χ0) is 14.8. The maximum absolute atomic E-state index is 12.7. The molecule has 0 saturated heterocycles.